The van der Waals surface area contributed by atoms with Gasteiger partial charge >= 0.3 is 5.97 Å². The van der Waals surface area contributed by atoms with Crippen molar-refractivity contribution < 1.29 is 14.3 Å². The van der Waals surface area contributed by atoms with Gasteiger partial charge in [-0.25, -0.2) is 9.78 Å². The van der Waals surface area contributed by atoms with Crippen molar-refractivity contribution in [2.75, 3.05) is 46.2 Å². The molecule has 19 heavy (non-hydrogen) atoms. The summed E-state index contributed by atoms with van der Waals surface area (Å²) in [5, 5.41) is 0. The Morgan fingerprint density at radius 3 is 2.84 bits per heavy atom. The average Bonchev–Trinajstić information content (AvgIpc) is 2.70. The third kappa shape index (κ3) is 4.88. The highest BCUT2D eigenvalue weighted by molar-refractivity contribution is 5.92. The molecular formula is C12H22N4O3. The van der Waals surface area contributed by atoms with E-state index < -0.39 is 5.97 Å². The Morgan fingerprint density at radius 1 is 1.47 bits per heavy atom. The second-order valence-corrected chi connectivity index (χ2v) is 4.31. The maximum Gasteiger partial charge on any atom is 0.360 e. The van der Waals surface area contributed by atoms with Crippen molar-refractivity contribution in [2.24, 2.45) is 0 Å². The fourth-order valence-corrected chi connectivity index (χ4v) is 1.44. The van der Waals surface area contributed by atoms with E-state index in [0.29, 0.717) is 32.2 Å². The largest absolute Gasteiger partial charge is 0.461 e. The molecule has 7 heteroatoms. The highest BCUT2D eigenvalue weighted by Crippen LogP contribution is 2.11. The van der Waals surface area contributed by atoms with Crippen LogP contribution in [0.15, 0.2) is 6.33 Å². The molecule has 7 nitrogen and oxygen atoms in total. The molecule has 2 N–H and O–H groups in total. The molecule has 0 aliphatic heterocycles. The molecule has 1 aromatic rings. The van der Waals surface area contributed by atoms with E-state index in [4.69, 9.17) is 15.2 Å². The van der Waals surface area contributed by atoms with Crippen molar-refractivity contribution in [1.82, 2.24) is 14.5 Å². The van der Waals surface area contributed by atoms with Crippen molar-refractivity contribution in [3.05, 3.63) is 12.0 Å². The predicted molar refractivity (Wildman–Crippen MR) is 72.0 cm³/mol. The number of aromatic nitrogens is 2. The Bertz CT molecular complexity index is 404. The predicted octanol–water partition coefficient (Wildman–Crippen LogP) is 0.220. The zero-order valence-corrected chi connectivity index (χ0v) is 11.8. The summed E-state index contributed by atoms with van der Waals surface area (Å²) >= 11 is 0. The molecule has 0 fully saturated rings. The summed E-state index contributed by atoms with van der Waals surface area (Å²) < 4.78 is 12.0. The molecule has 1 heterocycles. The van der Waals surface area contributed by atoms with Gasteiger partial charge in [0.05, 0.1) is 26.1 Å². The van der Waals surface area contributed by atoms with E-state index in [1.165, 1.54) is 6.33 Å². The SMILES string of the molecule is CCOC(=O)c1ncn(CCOCCN(C)C)c1N. The van der Waals surface area contributed by atoms with Gasteiger partial charge in [0.15, 0.2) is 5.69 Å². The lowest BCUT2D eigenvalue weighted by Crippen LogP contribution is -2.19. The quantitative estimate of drug-likeness (QED) is 0.537. The van der Waals surface area contributed by atoms with Gasteiger partial charge in [-0.3, -0.25) is 0 Å². The first-order valence-electron chi connectivity index (χ1n) is 6.26. The minimum atomic E-state index is -0.493. The summed E-state index contributed by atoms with van der Waals surface area (Å²) in [7, 11) is 3.98. The number of anilines is 1. The molecule has 108 valence electrons. The van der Waals surface area contributed by atoms with E-state index in [2.05, 4.69) is 4.98 Å². The van der Waals surface area contributed by atoms with Crippen molar-refractivity contribution in [3.63, 3.8) is 0 Å². The first-order chi connectivity index (χ1) is 9.06. The van der Waals surface area contributed by atoms with Gasteiger partial charge < -0.3 is 24.7 Å². The van der Waals surface area contributed by atoms with Crippen LogP contribution in [0.25, 0.3) is 0 Å². The molecule has 0 aliphatic carbocycles. The Hall–Kier alpha value is -1.60. The lowest BCUT2D eigenvalue weighted by Gasteiger charge is -2.10. The Labute approximate surface area is 113 Å². The molecule has 0 unspecified atom stereocenters. The van der Waals surface area contributed by atoms with E-state index in [9.17, 15) is 4.79 Å². The first kappa shape index (κ1) is 15.5. The summed E-state index contributed by atoms with van der Waals surface area (Å²) in [5.41, 5.74) is 6.00. The van der Waals surface area contributed by atoms with Crippen molar-refractivity contribution >= 4 is 11.8 Å². The number of nitrogens with two attached hydrogens (primary N) is 1. The van der Waals surface area contributed by atoms with Crippen molar-refractivity contribution in [2.45, 2.75) is 13.5 Å². The summed E-state index contributed by atoms with van der Waals surface area (Å²) in [6, 6.07) is 0. The van der Waals surface area contributed by atoms with Crippen molar-refractivity contribution in [1.29, 1.82) is 0 Å². The normalized spacial score (nSPS) is 10.9. The van der Waals surface area contributed by atoms with E-state index in [0.717, 1.165) is 6.54 Å². The number of ether oxygens (including phenoxy) is 2. The number of hydrogen-bond acceptors (Lipinski definition) is 6. The summed E-state index contributed by atoms with van der Waals surface area (Å²) in [6.45, 7) is 4.66. The number of likely N-dealkylation sites (N-methyl/N-ethyl adjacent to an activating group) is 1. The van der Waals surface area contributed by atoms with Gasteiger partial charge in [-0.1, -0.05) is 0 Å². The van der Waals surface area contributed by atoms with Gasteiger partial charge in [0.2, 0.25) is 0 Å². The number of imidazole rings is 1. The topological polar surface area (TPSA) is 82.6 Å². The monoisotopic (exact) mass is 270 g/mol. The maximum atomic E-state index is 11.5. The third-order valence-electron chi connectivity index (χ3n) is 2.51. The van der Waals surface area contributed by atoms with Crippen LogP contribution in [0.1, 0.15) is 17.4 Å². The number of nitrogen functional groups attached to an aromatic ring is 1. The van der Waals surface area contributed by atoms with Gasteiger partial charge in [0.25, 0.3) is 0 Å². The lowest BCUT2D eigenvalue weighted by molar-refractivity contribution is 0.0521. The fraction of sp³-hybridized carbons (Fsp3) is 0.667. The minimum Gasteiger partial charge on any atom is -0.461 e. The number of esters is 1. The Morgan fingerprint density at radius 2 is 2.21 bits per heavy atom. The average molecular weight is 270 g/mol. The Balaban J connectivity index is 2.41. The van der Waals surface area contributed by atoms with Crippen LogP contribution in [-0.4, -0.2) is 60.9 Å². The molecule has 0 aromatic carbocycles. The molecule has 0 bridgehead atoms. The second kappa shape index (κ2) is 7.75. The number of rotatable bonds is 8. The Kier molecular flexibility index (Phi) is 6.31. The number of carbonyl (C=O) groups is 1. The molecule has 0 saturated carbocycles. The van der Waals surface area contributed by atoms with Gasteiger partial charge in [-0.2, -0.15) is 0 Å². The number of hydrogen-bond donors (Lipinski definition) is 1. The molecule has 0 radical (unpaired) electrons. The molecular weight excluding hydrogens is 248 g/mol. The second-order valence-electron chi connectivity index (χ2n) is 4.31. The highest BCUT2D eigenvalue weighted by Gasteiger charge is 2.16. The van der Waals surface area contributed by atoms with Gasteiger partial charge in [0.1, 0.15) is 5.82 Å². The van der Waals surface area contributed by atoms with Crippen LogP contribution in [0.2, 0.25) is 0 Å². The summed E-state index contributed by atoms with van der Waals surface area (Å²) in [4.78, 5) is 17.5. The third-order valence-corrected chi connectivity index (χ3v) is 2.51. The van der Waals surface area contributed by atoms with E-state index in [1.807, 2.05) is 19.0 Å². The molecule has 0 spiro atoms. The molecule has 1 rings (SSSR count). The standard InChI is InChI=1S/C12H22N4O3/c1-4-19-12(17)10-11(13)16(9-14-10)6-8-18-7-5-15(2)3/h9H,4-8,13H2,1-3H3. The fourth-order valence-electron chi connectivity index (χ4n) is 1.44. The maximum absolute atomic E-state index is 11.5. The van der Waals surface area contributed by atoms with Crippen LogP contribution in [0.5, 0.6) is 0 Å². The molecule has 1 aromatic heterocycles. The van der Waals surface area contributed by atoms with Crippen LogP contribution in [0.4, 0.5) is 5.82 Å². The van der Waals surface area contributed by atoms with E-state index in [1.54, 1.807) is 11.5 Å². The van der Waals surface area contributed by atoms with Crippen LogP contribution in [0.3, 0.4) is 0 Å². The smallest absolute Gasteiger partial charge is 0.360 e. The lowest BCUT2D eigenvalue weighted by atomic mass is 10.4. The van der Waals surface area contributed by atoms with Crippen LogP contribution in [0, 0.1) is 0 Å². The number of carbonyl (C=O) groups excluding carboxylic acids is 1. The molecule has 0 amide bonds. The molecule has 0 atom stereocenters. The highest BCUT2D eigenvalue weighted by atomic mass is 16.5. The van der Waals surface area contributed by atoms with Gasteiger partial charge in [-0.15, -0.1) is 0 Å². The van der Waals surface area contributed by atoms with Crippen LogP contribution >= 0.6 is 0 Å². The summed E-state index contributed by atoms with van der Waals surface area (Å²) in [5.74, 6) is -0.179. The minimum absolute atomic E-state index is 0.162. The zero-order chi connectivity index (χ0) is 14.3. The zero-order valence-electron chi connectivity index (χ0n) is 11.8. The van der Waals surface area contributed by atoms with E-state index in [-0.39, 0.29) is 5.69 Å². The van der Waals surface area contributed by atoms with Gasteiger partial charge in [-0.05, 0) is 21.0 Å². The van der Waals surface area contributed by atoms with Crippen LogP contribution in [-0.2, 0) is 16.0 Å². The molecule has 0 aliphatic rings. The first-order valence-corrected chi connectivity index (χ1v) is 6.26. The van der Waals surface area contributed by atoms with E-state index >= 15 is 0 Å². The van der Waals surface area contributed by atoms with Crippen molar-refractivity contribution in [3.8, 4) is 0 Å². The summed E-state index contributed by atoms with van der Waals surface area (Å²) in [6.07, 6.45) is 1.52. The van der Waals surface area contributed by atoms with Gasteiger partial charge in [0, 0.05) is 13.1 Å². The number of nitrogens with zero attached hydrogens (tertiary/aromatic N) is 3. The van der Waals surface area contributed by atoms with Crippen LogP contribution < -0.4 is 5.73 Å². The molecule has 0 saturated heterocycles.